The van der Waals surface area contributed by atoms with Crippen LogP contribution in [0.15, 0.2) is 0 Å². The van der Waals surface area contributed by atoms with E-state index in [2.05, 4.69) is 4.74 Å². The smallest absolute Gasteiger partial charge is 0.305 e. The molecule has 0 bridgehead atoms. The fraction of sp³-hybridized carbons (Fsp3) is 0.923. The second-order valence-electron chi connectivity index (χ2n) is 4.63. The molecule has 18 heavy (non-hydrogen) atoms. The molecule has 1 aliphatic heterocycles. The first kappa shape index (κ1) is 15.4. The van der Waals surface area contributed by atoms with Crippen molar-refractivity contribution in [2.75, 3.05) is 20.3 Å². The molecule has 1 fully saturated rings. The molecule has 106 valence electrons. The van der Waals surface area contributed by atoms with Crippen LogP contribution in [0.5, 0.6) is 0 Å². The van der Waals surface area contributed by atoms with Gasteiger partial charge in [0.2, 0.25) is 0 Å². The summed E-state index contributed by atoms with van der Waals surface area (Å²) in [5.74, 6) is -0.127. The standard InChI is InChI=1S/C13H24O5/c1-16-12(15)7-5-3-2-4-6-8-13-17-9-11(14)10-18-13/h11,13-14H,2-10H2,1H3. The quantitative estimate of drug-likeness (QED) is 0.530. The lowest BCUT2D eigenvalue weighted by atomic mass is 10.1. The number of ether oxygens (including phenoxy) is 3. The van der Waals surface area contributed by atoms with E-state index in [0.29, 0.717) is 19.6 Å². The molecule has 0 amide bonds. The number of carbonyl (C=O) groups is 1. The van der Waals surface area contributed by atoms with Gasteiger partial charge in [0.05, 0.1) is 20.3 Å². The zero-order valence-corrected chi connectivity index (χ0v) is 11.1. The minimum absolute atomic E-state index is 0.127. The molecule has 1 heterocycles. The van der Waals surface area contributed by atoms with E-state index in [1.807, 2.05) is 0 Å². The first-order valence-corrected chi connectivity index (χ1v) is 6.70. The molecule has 1 N–H and O–H groups in total. The van der Waals surface area contributed by atoms with Gasteiger partial charge in [-0.2, -0.15) is 0 Å². The Hall–Kier alpha value is -0.650. The van der Waals surface area contributed by atoms with Crippen LogP contribution in [0.1, 0.15) is 44.9 Å². The average Bonchev–Trinajstić information content (AvgIpc) is 2.39. The zero-order valence-electron chi connectivity index (χ0n) is 11.1. The van der Waals surface area contributed by atoms with Crippen molar-refractivity contribution in [2.45, 2.75) is 57.3 Å². The highest BCUT2D eigenvalue weighted by Gasteiger charge is 2.19. The largest absolute Gasteiger partial charge is 0.469 e. The van der Waals surface area contributed by atoms with Gasteiger partial charge in [0.15, 0.2) is 6.29 Å². The number of unbranched alkanes of at least 4 members (excludes halogenated alkanes) is 4. The van der Waals surface area contributed by atoms with Crippen molar-refractivity contribution in [1.82, 2.24) is 0 Å². The predicted octanol–water partition coefficient (Wildman–Crippen LogP) is 1.62. The summed E-state index contributed by atoms with van der Waals surface area (Å²) in [5, 5.41) is 9.17. The maximum absolute atomic E-state index is 10.9. The van der Waals surface area contributed by atoms with Crippen molar-refractivity contribution < 1.29 is 24.1 Å². The van der Waals surface area contributed by atoms with Gasteiger partial charge >= 0.3 is 5.97 Å². The van der Waals surface area contributed by atoms with Gasteiger partial charge in [0, 0.05) is 6.42 Å². The molecule has 0 aromatic heterocycles. The molecule has 0 aromatic rings. The Morgan fingerprint density at radius 1 is 1.17 bits per heavy atom. The molecule has 0 radical (unpaired) electrons. The van der Waals surface area contributed by atoms with Gasteiger partial charge in [-0.25, -0.2) is 0 Å². The maximum atomic E-state index is 10.9. The number of carbonyl (C=O) groups excluding carboxylic acids is 1. The minimum Gasteiger partial charge on any atom is -0.469 e. The van der Waals surface area contributed by atoms with E-state index < -0.39 is 6.10 Å². The molecule has 5 heteroatoms. The Kier molecular flexibility index (Phi) is 7.96. The van der Waals surface area contributed by atoms with Crippen LogP contribution in [-0.4, -0.2) is 43.8 Å². The Morgan fingerprint density at radius 2 is 1.78 bits per heavy atom. The predicted molar refractivity (Wildman–Crippen MR) is 66.0 cm³/mol. The molecule has 0 saturated carbocycles. The molecule has 1 rings (SSSR count). The molecular weight excluding hydrogens is 236 g/mol. The van der Waals surface area contributed by atoms with Crippen LogP contribution in [-0.2, 0) is 19.0 Å². The molecule has 0 spiro atoms. The second kappa shape index (κ2) is 9.30. The van der Waals surface area contributed by atoms with Gasteiger partial charge in [-0.15, -0.1) is 0 Å². The van der Waals surface area contributed by atoms with Gasteiger partial charge in [-0.1, -0.05) is 19.3 Å². The third kappa shape index (κ3) is 6.93. The van der Waals surface area contributed by atoms with E-state index in [0.717, 1.165) is 38.5 Å². The van der Waals surface area contributed by atoms with Crippen LogP contribution >= 0.6 is 0 Å². The molecule has 0 atom stereocenters. The lowest BCUT2D eigenvalue weighted by Gasteiger charge is -2.26. The number of hydrogen-bond donors (Lipinski definition) is 1. The van der Waals surface area contributed by atoms with Crippen molar-refractivity contribution in [3.63, 3.8) is 0 Å². The van der Waals surface area contributed by atoms with Gasteiger partial charge in [-0.05, 0) is 19.3 Å². The monoisotopic (exact) mass is 260 g/mol. The summed E-state index contributed by atoms with van der Waals surface area (Å²) in [6.45, 7) is 0.758. The Labute approximate surface area is 108 Å². The summed E-state index contributed by atoms with van der Waals surface area (Å²) in [4.78, 5) is 10.9. The van der Waals surface area contributed by atoms with Crippen LogP contribution in [0.25, 0.3) is 0 Å². The van der Waals surface area contributed by atoms with Crippen LogP contribution in [0, 0.1) is 0 Å². The van der Waals surface area contributed by atoms with Crippen LogP contribution in [0.3, 0.4) is 0 Å². The minimum atomic E-state index is -0.473. The zero-order chi connectivity index (χ0) is 13.2. The van der Waals surface area contributed by atoms with E-state index in [1.54, 1.807) is 0 Å². The van der Waals surface area contributed by atoms with Crippen LogP contribution in [0.2, 0.25) is 0 Å². The van der Waals surface area contributed by atoms with Gasteiger partial charge in [-0.3, -0.25) is 4.79 Å². The second-order valence-corrected chi connectivity index (χ2v) is 4.63. The summed E-state index contributed by atoms with van der Waals surface area (Å²) < 4.78 is 15.2. The van der Waals surface area contributed by atoms with E-state index in [4.69, 9.17) is 9.47 Å². The topological polar surface area (TPSA) is 65.0 Å². The first-order chi connectivity index (χ1) is 8.72. The lowest BCUT2D eigenvalue weighted by Crippen LogP contribution is -2.35. The molecule has 1 saturated heterocycles. The molecule has 0 unspecified atom stereocenters. The van der Waals surface area contributed by atoms with Crippen LogP contribution in [0.4, 0.5) is 0 Å². The summed E-state index contributed by atoms with van der Waals surface area (Å²) in [5.41, 5.74) is 0. The Bertz CT molecular complexity index is 223. The van der Waals surface area contributed by atoms with E-state index in [9.17, 15) is 9.90 Å². The number of aliphatic hydroxyl groups excluding tert-OH is 1. The lowest BCUT2D eigenvalue weighted by molar-refractivity contribution is -0.218. The molecule has 1 aliphatic rings. The third-order valence-electron chi connectivity index (χ3n) is 3.00. The fourth-order valence-corrected chi connectivity index (χ4v) is 1.91. The highest BCUT2D eigenvalue weighted by atomic mass is 16.7. The summed E-state index contributed by atoms with van der Waals surface area (Å²) >= 11 is 0. The van der Waals surface area contributed by atoms with Crippen molar-refractivity contribution in [3.8, 4) is 0 Å². The number of rotatable bonds is 8. The highest BCUT2D eigenvalue weighted by Crippen LogP contribution is 2.14. The average molecular weight is 260 g/mol. The normalized spacial score (nSPS) is 23.9. The Balaban J connectivity index is 1.85. The fourth-order valence-electron chi connectivity index (χ4n) is 1.91. The van der Waals surface area contributed by atoms with E-state index >= 15 is 0 Å². The molecule has 0 aliphatic carbocycles. The number of hydrogen-bond acceptors (Lipinski definition) is 5. The SMILES string of the molecule is COC(=O)CCCCCCCC1OCC(O)CO1. The van der Waals surface area contributed by atoms with Crippen molar-refractivity contribution >= 4 is 5.97 Å². The van der Waals surface area contributed by atoms with Gasteiger partial charge in [0.1, 0.15) is 6.10 Å². The summed E-state index contributed by atoms with van der Waals surface area (Å²) in [6.07, 6.45) is 6.02. The van der Waals surface area contributed by atoms with Crippen molar-refractivity contribution in [3.05, 3.63) is 0 Å². The molecular formula is C13H24O5. The van der Waals surface area contributed by atoms with E-state index in [-0.39, 0.29) is 12.3 Å². The van der Waals surface area contributed by atoms with Gasteiger partial charge in [0.25, 0.3) is 0 Å². The molecule has 0 aromatic carbocycles. The highest BCUT2D eigenvalue weighted by molar-refractivity contribution is 5.68. The summed E-state index contributed by atoms with van der Waals surface area (Å²) in [7, 11) is 1.42. The van der Waals surface area contributed by atoms with E-state index in [1.165, 1.54) is 7.11 Å². The summed E-state index contributed by atoms with van der Waals surface area (Å²) in [6, 6.07) is 0. The van der Waals surface area contributed by atoms with Gasteiger partial charge < -0.3 is 19.3 Å². The number of methoxy groups -OCH3 is 1. The van der Waals surface area contributed by atoms with Crippen LogP contribution < -0.4 is 0 Å². The van der Waals surface area contributed by atoms with Crippen molar-refractivity contribution in [1.29, 1.82) is 0 Å². The number of aliphatic hydroxyl groups is 1. The first-order valence-electron chi connectivity index (χ1n) is 6.70. The van der Waals surface area contributed by atoms with Crippen molar-refractivity contribution in [2.24, 2.45) is 0 Å². The Morgan fingerprint density at radius 3 is 2.44 bits per heavy atom. The third-order valence-corrected chi connectivity index (χ3v) is 3.00. The molecule has 5 nitrogen and oxygen atoms in total. The number of esters is 1. The maximum Gasteiger partial charge on any atom is 0.305 e.